The van der Waals surface area contributed by atoms with Crippen LogP contribution in [-0.4, -0.2) is 28.6 Å². The zero-order valence-electron chi connectivity index (χ0n) is 11.2. The highest BCUT2D eigenvalue weighted by Gasteiger charge is 2.21. The van der Waals surface area contributed by atoms with Gasteiger partial charge in [-0.2, -0.15) is 9.78 Å². The molecule has 0 aliphatic heterocycles. The summed E-state index contributed by atoms with van der Waals surface area (Å²) < 4.78 is 12.6. The minimum atomic E-state index is -0.561. The fraction of sp³-hybridized carbons (Fsp3) is 0.385. The van der Waals surface area contributed by atoms with E-state index in [0.29, 0.717) is 11.3 Å². The second kappa shape index (κ2) is 4.85. The van der Waals surface area contributed by atoms with Crippen molar-refractivity contribution < 1.29 is 14.3 Å². The molecule has 0 fully saturated rings. The average molecular weight is 327 g/mol. The average Bonchev–Trinajstić information content (AvgIpc) is 2.70. The molecule has 102 valence electrons. The van der Waals surface area contributed by atoms with E-state index in [1.807, 2.05) is 26.8 Å². The predicted octanol–water partition coefficient (Wildman–Crippen LogP) is 3.59. The van der Waals surface area contributed by atoms with E-state index >= 15 is 0 Å². The molecule has 1 aromatic heterocycles. The fourth-order valence-electron chi connectivity index (χ4n) is 1.71. The molecule has 2 rings (SSSR count). The van der Waals surface area contributed by atoms with E-state index < -0.39 is 11.7 Å². The number of benzene rings is 1. The highest BCUT2D eigenvalue weighted by Crippen LogP contribution is 2.33. The van der Waals surface area contributed by atoms with Crippen LogP contribution in [0.3, 0.4) is 0 Å². The number of hydrogen-bond donors (Lipinski definition) is 0. The minimum Gasteiger partial charge on any atom is -0.495 e. The van der Waals surface area contributed by atoms with Gasteiger partial charge in [-0.15, -0.1) is 0 Å². The van der Waals surface area contributed by atoms with Crippen LogP contribution < -0.4 is 4.74 Å². The Morgan fingerprint density at radius 2 is 2.05 bits per heavy atom. The molecule has 2 aromatic rings. The molecule has 0 aliphatic carbocycles. The van der Waals surface area contributed by atoms with Gasteiger partial charge in [0.2, 0.25) is 0 Å². The molecule has 0 spiro atoms. The number of halogens is 1. The summed E-state index contributed by atoms with van der Waals surface area (Å²) in [6.07, 6.45) is 1.08. The fourth-order valence-corrected chi connectivity index (χ4v) is 2.22. The lowest BCUT2D eigenvalue weighted by atomic mass is 10.2. The van der Waals surface area contributed by atoms with Gasteiger partial charge in [-0.25, -0.2) is 4.79 Å². The summed E-state index contributed by atoms with van der Waals surface area (Å²) in [5, 5.41) is 4.82. The van der Waals surface area contributed by atoms with Gasteiger partial charge in [0.15, 0.2) is 0 Å². The highest BCUT2D eigenvalue weighted by atomic mass is 79.9. The first kappa shape index (κ1) is 13.9. The number of fused-ring (bicyclic) bond motifs is 1. The van der Waals surface area contributed by atoms with Gasteiger partial charge in [0.25, 0.3) is 0 Å². The molecule has 0 amide bonds. The van der Waals surface area contributed by atoms with Crippen LogP contribution >= 0.6 is 15.9 Å². The first-order valence-electron chi connectivity index (χ1n) is 5.77. The van der Waals surface area contributed by atoms with Gasteiger partial charge in [0.05, 0.1) is 28.7 Å². The topological polar surface area (TPSA) is 53.4 Å². The van der Waals surface area contributed by atoms with Crippen molar-refractivity contribution in [3.63, 3.8) is 0 Å². The predicted molar refractivity (Wildman–Crippen MR) is 75.6 cm³/mol. The van der Waals surface area contributed by atoms with Crippen LogP contribution in [0.1, 0.15) is 20.8 Å². The van der Waals surface area contributed by atoms with E-state index in [4.69, 9.17) is 9.47 Å². The molecule has 19 heavy (non-hydrogen) atoms. The quantitative estimate of drug-likeness (QED) is 0.803. The number of aromatic nitrogens is 2. The molecule has 5 nitrogen and oxygen atoms in total. The van der Waals surface area contributed by atoms with Gasteiger partial charge in [0, 0.05) is 0 Å². The largest absolute Gasteiger partial charge is 0.495 e. The standard InChI is InChI=1S/C13H15BrN2O3/c1-13(2,3)19-12(17)16-10-6-5-9(14)11(18-4)8(10)7-15-16/h5-7H,1-4H3. The van der Waals surface area contributed by atoms with Crippen LogP contribution in [0.2, 0.25) is 0 Å². The van der Waals surface area contributed by atoms with Crippen molar-refractivity contribution in [3.8, 4) is 5.75 Å². The molecule has 0 radical (unpaired) electrons. The zero-order valence-corrected chi connectivity index (χ0v) is 12.8. The number of rotatable bonds is 1. The third kappa shape index (κ3) is 2.73. The maximum atomic E-state index is 12.0. The minimum absolute atomic E-state index is 0.508. The maximum absolute atomic E-state index is 12.0. The Bertz CT molecular complexity index is 629. The van der Waals surface area contributed by atoms with E-state index in [9.17, 15) is 4.79 Å². The molecule has 0 aliphatic rings. The second-order valence-electron chi connectivity index (χ2n) is 5.05. The summed E-state index contributed by atoms with van der Waals surface area (Å²) in [6.45, 7) is 5.44. The molecule has 0 unspecified atom stereocenters. The van der Waals surface area contributed by atoms with Crippen LogP contribution in [-0.2, 0) is 4.74 Å². The van der Waals surface area contributed by atoms with Gasteiger partial charge >= 0.3 is 6.09 Å². The maximum Gasteiger partial charge on any atom is 0.435 e. The molecule has 0 bridgehead atoms. The lowest BCUT2D eigenvalue weighted by Crippen LogP contribution is -2.27. The zero-order chi connectivity index (χ0) is 14.2. The van der Waals surface area contributed by atoms with Crippen LogP contribution in [0.5, 0.6) is 5.75 Å². The number of carbonyl (C=O) groups excluding carboxylic acids is 1. The molecular weight excluding hydrogens is 312 g/mol. The van der Waals surface area contributed by atoms with Crippen LogP contribution in [0.15, 0.2) is 22.8 Å². The van der Waals surface area contributed by atoms with Gasteiger partial charge in [-0.3, -0.25) is 0 Å². The third-order valence-corrected chi connectivity index (χ3v) is 3.05. The molecule has 0 atom stereocenters. The molecule has 1 aromatic carbocycles. The Morgan fingerprint density at radius 1 is 1.37 bits per heavy atom. The van der Waals surface area contributed by atoms with E-state index in [2.05, 4.69) is 21.0 Å². The smallest absolute Gasteiger partial charge is 0.435 e. The summed E-state index contributed by atoms with van der Waals surface area (Å²) in [4.78, 5) is 12.0. The summed E-state index contributed by atoms with van der Waals surface area (Å²) in [5.41, 5.74) is 0.0868. The summed E-state index contributed by atoms with van der Waals surface area (Å²) in [7, 11) is 1.57. The van der Waals surface area contributed by atoms with E-state index in [1.165, 1.54) is 4.68 Å². The first-order chi connectivity index (χ1) is 8.83. The molecule has 6 heteroatoms. The Morgan fingerprint density at radius 3 is 2.63 bits per heavy atom. The summed E-state index contributed by atoms with van der Waals surface area (Å²) in [6, 6.07) is 3.60. The van der Waals surface area contributed by atoms with Crippen LogP contribution in [0.4, 0.5) is 4.79 Å². The van der Waals surface area contributed by atoms with Crippen molar-refractivity contribution >= 4 is 32.9 Å². The van der Waals surface area contributed by atoms with E-state index in [0.717, 1.165) is 9.86 Å². The van der Waals surface area contributed by atoms with Crippen molar-refractivity contribution in [2.45, 2.75) is 26.4 Å². The Balaban J connectivity index is 2.50. The van der Waals surface area contributed by atoms with Crippen LogP contribution in [0.25, 0.3) is 10.9 Å². The molecular formula is C13H15BrN2O3. The van der Waals surface area contributed by atoms with Gasteiger partial charge < -0.3 is 9.47 Å². The van der Waals surface area contributed by atoms with E-state index in [-0.39, 0.29) is 0 Å². The highest BCUT2D eigenvalue weighted by molar-refractivity contribution is 9.10. The first-order valence-corrected chi connectivity index (χ1v) is 6.56. The molecule has 0 saturated carbocycles. The molecule has 0 saturated heterocycles. The Kier molecular flexibility index (Phi) is 3.54. The van der Waals surface area contributed by atoms with Crippen molar-refractivity contribution in [2.75, 3.05) is 7.11 Å². The van der Waals surface area contributed by atoms with Gasteiger partial charge in [-0.05, 0) is 48.8 Å². The molecule has 1 heterocycles. The number of carbonyl (C=O) groups is 1. The number of ether oxygens (including phenoxy) is 2. The summed E-state index contributed by atoms with van der Waals surface area (Å²) in [5.74, 6) is 0.646. The summed E-state index contributed by atoms with van der Waals surface area (Å²) >= 11 is 3.39. The van der Waals surface area contributed by atoms with Crippen molar-refractivity contribution in [3.05, 3.63) is 22.8 Å². The lowest BCUT2D eigenvalue weighted by Gasteiger charge is -2.19. The lowest BCUT2D eigenvalue weighted by molar-refractivity contribution is 0.0523. The van der Waals surface area contributed by atoms with Gasteiger partial charge in [0.1, 0.15) is 11.4 Å². The Labute approximate surface area is 119 Å². The normalized spacial score (nSPS) is 11.6. The number of methoxy groups -OCH3 is 1. The third-order valence-electron chi connectivity index (χ3n) is 2.43. The van der Waals surface area contributed by atoms with Crippen molar-refractivity contribution in [1.29, 1.82) is 0 Å². The molecule has 0 N–H and O–H groups in total. The van der Waals surface area contributed by atoms with Crippen molar-refractivity contribution in [2.24, 2.45) is 0 Å². The number of hydrogen-bond acceptors (Lipinski definition) is 4. The number of nitrogens with zero attached hydrogens (tertiary/aromatic N) is 2. The second-order valence-corrected chi connectivity index (χ2v) is 5.90. The monoisotopic (exact) mass is 326 g/mol. The van der Waals surface area contributed by atoms with Crippen LogP contribution in [0, 0.1) is 0 Å². The van der Waals surface area contributed by atoms with Crippen molar-refractivity contribution in [1.82, 2.24) is 9.78 Å². The SMILES string of the molecule is COc1c(Br)ccc2c1cnn2C(=O)OC(C)(C)C. The Hall–Kier alpha value is -1.56. The van der Waals surface area contributed by atoms with Gasteiger partial charge in [-0.1, -0.05) is 0 Å². The van der Waals surface area contributed by atoms with E-state index in [1.54, 1.807) is 19.4 Å².